The predicted octanol–water partition coefficient (Wildman–Crippen LogP) is 2.81. The van der Waals surface area contributed by atoms with E-state index < -0.39 is 9.84 Å². The molecule has 1 aliphatic rings. The molecule has 1 heterocycles. The summed E-state index contributed by atoms with van der Waals surface area (Å²) >= 11 is 0. The van der Waals surface area contributed by atoms with Gasteiger partial charge in [0.15, 0.2) is 16.4 Å². The Bertz CT molecular complexity index is 1040. The first-order valence-corrected chi connectivity index (χ1v) is 12.7. The van der Waals surface area contributed by atoms with Gasteiger partial charge in [-0.15, -0.1) is 0 Å². The molecule has 3 rings (SSSR count). The zero-order chi connectivity index (χ0) is 23.1. The summed E-state index contributed by atoms with van der Waals surface area (Å²) in [6.45, 7) is 3.99. The lowest BCUT2D eigenvalue weighted by Crippen LogP contribution is -2.48. The van der Waals surface area contributed by atoms with Gasteiger partial charge in [0.1, 0.15) is 5.75 Å². The van der Waals surface area contributed by atoms with Crippen LogP contribution in [0.1, 0.15) is 42.6 Å². The molecule has 32 heavy (non-hydrogen) atoms. The van der Waals surface area contributed by atoms with Crippen molar-refractivity contribution >= 4 is 21.7 Å². The van der Waals surface area contributed by atoms with E-state index in [4.69, 9.17) is 4.74 Å². The van der Waals surface area contributed by atoms with Gasteiger partial charge in [0.25, 0.3) is 11.8 Å². The van der Waals surface area contributed by atoms with Gasteiger partial charge in [0.05, 0.1) is 17.1 Å². The van der Waals surface area contributed by atoms with Crippen LogP contribution in [-0.4, -0.2) is 55.3 Å². The van der Waals surface area contributed by atoms with E-state index in [-0.39, 0.29) is 42.0 Å². The minimum Gasteiger partial charge on any atom is -0.483 e. The van der Waals surface area contributed by atoms with Gasteiger partial charge in [0, 0.05) is 18.6 Å². The molecule has 0 aliphatic carbocycles. The molecule has 1 aliphatic heterocycles. The highest BCUT2D eigenvalue weighted by atomic mass is 32.2. The third-order valence-corrected chi connectivity index (χ3v) is 7.48. The van der Waals surface area contributed by atoms with Crippen LogP contribution in [0.25, 0.3) is 0 Å². The SMILES string of the molecule is CC[C@@H](C)N(C(=O)COc1ccccc1C(=O)NCc1ccccc1)[C@H]1CCS(=O)(=O)C1. The summed E-state index contributed by atoms with van der Waals surface area (Å²) < 4.78 is 29.6. The molecular weight excluding hydrogens is 428 g/mol. The van der Waals surface area contributed by atoms with E-state index in [2.05, 4.69) is 5.32 Å². The van der Waals surface area contributed by atoms with Crippen LogP contribution in [0, 0.1) is 0 Å². The maximum Gasteiger partial charge on any atom is 0.261 e. The number of hydrogen-bond donors (Lipinski definition) is 1. The lowest BCUT2D eigenvalue weighted by atomic mass is 10.1. The molecule has 7 nitrogen and oxygen atoms in total. The second kappa shape index (κ2) is 10.6. The Hall–Kier alpha value is -2.87. The number of rotatable bonds is 9. The molecule has 0 aromatic heterocycles. The Labute approximate surface area is 189 Å². The summed E-state index contributed by atoms with van der Waals surface area (Å²) in [5.74, 6) is -0.168. The highest BCUT2D eigenvalue weighted by Gasteiger charge is 2.36. The van der Waals surface area contributed by atoms with E-state index >= 15 is 0 Å². The van der Waals surface area contributed by atoms with Gasteiger partial charge in [0.2, 0.25) is 0 Å². The van der Waals surface area contributed by atoms with E-state index in [1.54, 1.807) is 29.2 Å². The first-order valence-electron chi connectivity index (χ1n) is 10.9. The van der Waals surface area contributed by atoms with Crippen LogP contribution in [0.2, 0.25) is 0 Å². The zero-order valence-corrected chi connectivity index (χ0v) is 19.3. The summed E-state index contributed by atoms with van der Waals surface area (Å²) in [7, 11) is -3.12. The van der Waals surface area contributed by atoms with E-state index in [9.17, 15) is 18.0 Å². The van der Waals surface area contributed by atoms with E-state index in [1.165, 1.54) is 0 Å². The minimum absolute atomic E-state index is 0.0123. The molecule has 2 atom stereocenters. The maximum atomic E-state index is 13.0. The average molecular weight is 459 g/mol. The number of amides is 2. The van der Waals surface area contributed by atoms with Gasteiger partial charge in [-0.2, -0.15) is 0 Å². The van der Waals surface area contributed by atoms with Crippen LogP contribution in [0.15, 0.2) is 54.6 Å². The molecule has 0 bridgehead atoms. The lowest BCUT2D eigenvalue weighted by molar-refractivity contribution is -0.137. The molecule has 1 saturated heterocycles. The maximum absolute atomic E-state index is 13.0. The Kier molecular flexibility index (Phi) is 7.90. The number of nitrogens with one attached hydrogen (secondary N) is 1. The summed E-state index contributed by atoms with van der Waals surface area (Å²) in [5, 5.41) is 2.87. The third kappa shape index (κ3) is 6.09. The summed E-state index contributed by atoms with van der Waals surface area (Å²) in [6.07, 6.45) is 1.15. The Morgan fingerprint density at radius 3 is 2.47 bits per heavy atom. The van der Waals surface area contributed by atoms with Gasteiger partial charge in [-0.1, -0.05) is 49.4 Å². The number of ether oxygens (including phenoxy) is 1. The van der Waals surface area contributed by atoms with Gasteiger partial charge in [-0.05, 0) is 37.5 Å². The van der Waals surface area contributed by atoms with Gasteiger partial charge in [-0.3, -0.25) is 9.59 Å². The van der Waals surface area contributed by atoms with Crippen molar-refractivity contribution in [3.8, 4) is 5.75 Å². The molecule has 2 amide bonds. The minimum atomic E-state index is -3.12. The lowest BCUT2D eigenvalue weighted by Gasteiger charge is -2.33. The molecule has 172 valence electrons. The second-order valence-corrected chi connectivity index (χ2v) is 10.3. The molecule has 0 saturated carbocycles. The number of carbonyl (C=O) groups is 2. The van der Waals surface area contributed by atoms with E-state index in [0.717, 1.165) is 5.56 Å². The highest BCUT2D eigenvalue weighted by molar-refractivity contribution is 7.91. The van der Waals surface area contributed by atoms with Crippen molar-refractivity contribution < 1.29 is 22.7 Å². The Morgan fingerprint density at radius 2 is 1.81 bits per heavy atom. The summed E-state index contributed by atoms with van der Waals surface area (Å²) in [5.41, 5.74) is 1.32. The van der Waals surface area contributed by atoms with Gasteiger partial charge >= 0.3 is 0 Å². The second-order valence-electron chi connectivity index (χ2n) is 8.07. The van der Waals surface area contributed by atoms with Gasteiger partial charge in [-0.25, -0.2) is 8.42 Å². The molecule has 0 unspecified atom stereocenters. The molecule has 2 aromatic carbocycles. The molecule has 1 fully saturated rings. The monoisotopic (exact) mass is 458 g/mol. The molecular formula is C24H30N2O5S. The number of carbonyl (C=O) groups excluding carboxylic acids is 2. The predicted molar refractivity (Wildman–Crippen MR) is 123 cm³/mol. The molecule has 0 spiro atoms. The summed E-state index contributed by atoms with van der Waals surface area (Å²) in [4.78, 5) is 27.4. The number of para-hydroxylation sites is 1. The van der Waals surface area contributed by atoms with Crippen LogP contribution in [-0.2, 0) is 21.2 Å². The van der Waals surface area contributed by atoms with Crippen molar-refractivity contribution in [2.45, 2.75) is 45.3 Å². The number of hydrogen-bond acceptors (Lipinski definition) is 5. The largest absolute Gasteiger partial charge is 0.483 e. The average Bonchev–Trinajstić information content (AvgIpc) is 3.15. The van der Waals surface area contributed by atoms with Crippen molar-refractivity contribution in [1.82, 2.24) is 10.2 Å². The topological polar surface area (TPSA) is 92.8 Å². The Balaban J connectivity index is 1.66. The molecule has 0 radical (unpaired) electrons. The van der Waals surface area contributed by atoms with E-state index in [0.29, 0.717) is 30.7 Å². The number of benzene rings is 2. The van der Waals surface area contributed by atoms with Crippen LogP contribution >= 0.6 is 0 Å². The molecule has 8 heteroatoms. The van der Waals surface area contributed by atoms with Crippen molar-refractivity contribution in [2.75, 3.05) is 18.1 Å². The fourth-order valence-electron chi connectivity index (χ4n) is 3.87. The molecule has 1 N–H and O–H groups in total. The Morgan fingerprint density at radius 1 is 1.12 bits per heavy atom. The number of nitrogens with zero attached hydrogens (tertiary/aromatic N) is 1. The van der Waals surface area contributed by atoms with Crippen molar-refractivity contribution in [3.63, 3.8) is 0 Å². The highest BCUT2D eigenvalue weighted by Crippen LogP contribution is 2.23. The fourth-order valence-corrected chi connectivity index (χ4v) is 5.58. The first kappa shape index (κ1) is 23.8. The van der Waals surface area contributed by atoms with E-state index in [1.807, 2.05) is 44.2 Å². The normalized spacial score (nSPS) is 18.0. The van der Waals surface area contributed by atoms with Crippen LogP contribution in [0.4, 0.5) is 0 Å². The van der Waals surface area contributed by atoms with Crippen LogP contribution < -0.4 is 10.1 Å². The van der Waals surface area contributed by atoms with Crippen LogP contribution in [0.5, 0.6) is 5.75 Å². The van der Waals surface area contributed by atoms with Crippen LogP contribution in [0.3, 0.4) is 0 Å². The molecule has 2 aromatic rings. The smallest absolute Gasteiger partial charge is 0.261 e. The number of sulfone groups is 1. The fraction of sp³-hybridized carbons (Fsp3) is 0.417. The van der Waals surface area contributed by atoms with Crippen molar-refractivity contribution in [2.24, 2.45) is 0 Å². The van der Waals surface area contributed by atoms with Crippen molar-refractivity contribution in [1.29, 1.82) is 0 Å². The third-order valence-electron chi connectivity index (χ3n) is 5.73. The first-order chi connectivity index (χ1) is 15.3. The summed E-state index contributed by atoms with van der Waals surface area (Å²) in [6, 6.07) is 15.9. The van der Waals surface area contributed by atoms with Crippen molar-refractivity contribution in [3.05, 3.63) is 65.7 Å². The zero-order valence-electron chi connectivity index (χ0n) is 18.5. The quantitative estimate of drug-likeness (QED) is 0.624. The standard InChI is InChI=1S/C24H30N2O5S/c1-3-18(2)26(20-13-14-32(29,30)17-20)23(27)16-31-22-12-8-7-11-21(22)24(28)25-15-19-9-5-4-6-10-19/h4-12,18,20H,3,13-17H2,1-2H3,(H,25,28)/t18-,20+/m1/s1. The van der Waals surface area contributed by atoms with Gasteiger partial charge < -0.3 is 15.0 Å².